The number of carbonyl (C=O) groups excluding carboxylic acids is 1. The van der Waals surface area contributed by atoms with Crippen molar-refractivity contribution in [3.8, 4) is 11.5 Å². The number of hydrogen-bond acceptors (Lipinski definition) is 5. The Morgan fingerprint density at radius 2 is 2.11 bits per heavy atom. The van der Waals surface area contributed by atoms with Gasteiger partial charge in [-0.2, -0.15) is 0 Å². The summed E-state index contributed by atoms with van der Waals surface area (Å²) in [5.41, 5.74) is 6.67. The van der Waals surface area contributed by atoms with E-state index in [1.165, 1.54) is 20.4 Å². The predicted octanol–water partition coefficient (Wildman–Crippen LogP) is 1.19. The molecular weight excluding hydrogens is 246 g/mol. The van der Waals surface area contributed by atoms with Crippen LogP contribution in [0.2, 0.25) is 0 Å². The summed E-state index contributed by atoms with van der Waals surface area (Å²) >= 11 is 0. The highest BCUT2D eigenvalue weighted by atomic mass is 16.5. The van der Waals surface area contributed by atoms with Gasteiger partial charge in [0.2, 0.25) is 0 Å². The van der Waals surface area contributed by atoms with Crippen LogP contribution in [0.1, 0.15) is 10.5 Å². The van der Waals surface area contributed by atoms with Crippen LogP contribution >= 0.6 is 0 Å². The summed E-state index contributed by atoms with van der Waals surface area (Å²) in [6.07, 6.45) is 1.54. The van der Waals surface area contributed by atoms with E-state index in [1.807, 2.05) is 0 Å². The molecule has 2 aromatic rings. The second kappa shape index (κ2) is 5.01. The minimum Gasteiger partial charge on any atom is -0.493 e. The second-order valence-electron chi connectivity index (χ2n) is 3.86. The highest BCUT2D eigenvalue weighted by molar-refractivity contribution is 6.11. The van der Waals surface area contributed by atoms with Gasteiger partial charge in [0.1, 0.15) is 5.69 Å². The standard InChI is InChI=1S/C13H15N3O3/c1-15-13(17)11-10-7(4-5-16-11)12(19-3)9(18-2)6-8(10)14/h4-6H,14H2,1-3H3,(H,15,17). The molecule has 0 saturated carbocycles. The monoisotopic (exact) mass is 261 g/mol. The number of aromatic nitrogens is 1. The average Bonchev–Trinajstić information content (AvgIpc) is 2.45. The first kappa shape index (κ1) is 12.9. The summed E-state index contributed by atoms with van der Waals surface area (Å²) in [6.45, 7) is 0. The van der Waals surface area contributed by atoms with Crippen LogP contribution in [0.4, 0.5) is 5.69 Å². The van der Waals surface area contributed by atoms with Crippen LogP contribution < -0.4 is 20.5 Å². The number of rotatable bonds is 3. The van der Waals surface area contributed by atoms with Crippen molar-refractivity contribution in [1.82, 2.24) is 10.3 Å². The maximum absolute atomic E-state index is 11.8. The predicted molar refractivity (Wildman–Crippen MR) is 72.6 cm³/mol. The number of carbonyl (C=O) groups is 1. The highest BCUT2D eigenvalue weighted by Crippen LogP contribution is 2.39. The van der Waals surface area contributed by atoms with Gasteiger partial charge in [0.25, 0.3) is 5.91 Å². The molecule has 6 nitrogen and oxygen atoms in total. The van der Waals surface area contributed by atoms with Gasteiger partial charge < -0.3 is 20.5 Å². The number of nitrogens with one attached hydrogen (secondary N) is 1. The van der Waals surface area contributed by atoms with E-state index in [-0.39, 0.29) is 11.6 Å². The number of nitrogens with two attached hydrogens (primary N) is 1. The smallest absolute Gasteiger partial charge is 0.270 e. The molecule has 0 unspecified atom stereocenters. The molecule has 1 aromatic heterocycles. The largest absolute Gasteiger partial charge is 0.493 e. The van der Waals surface area contributed by atoms with E-state index in [2.05, 4.69) is 10.3 Å². The zero-order valence-electron chi connectivity index (χ0n) is 11.0. The Morgan fingerprint density at radius 3 is 2.68 bits per heavy atom. The molecule has 2 rings (SSSR count). The zero-order chi connectivity index (χ0) is 14.0. The van der Waals surface area contributed by atoms with Gasteiger partial charge in [-0.25, -0.2) is 0 Å². The molecule has 0 saturated heterocycles. The number of anilines is 1. The SMILES string of the molecule is CNC(=O)c1nccc2c(OC)c(OC)cc(N)c12. The van der Waals surface area contributed by atoms with Crippen LogP contribution in [-0.2, 0) is 0 Å². The molecule has 1 amide bonds. The third-order valence-electron chi connectivity index (χ3n) is 2.86. The quantitative estimate of drug-likeness (QED) is 0.810. The highest BCUT2D eigenvalue weighted by Gasteiger charge is 2.18. The molecule has 0 aliphatic rings. The maximum atomic E-state index is 11.8. The maximum Gasteiger partial charge on any atom is 0.270 e. The fourth-order valence-corrected chi connectivity index (χ4v) is 2.01. The number of ether oxygens (including phenoxy) is 2. The van der Waals surface area contributed by atoms with E-state index >= 15 is 0 Å². The summed E-state index contributed by atoms with van der Waals surface area (Å²) in [5, 5.41) is 3.78. The summed E-state index contributed by atoms with van der Waals surface area (Å²) in [6, 6.07) is 3.36. The number of pyridine rings is 1. The van der Waals surface area contributed by atoms with Crippen LogP contribution in [0.25, 0.3) is 10.8 Å². The lowest BCUT2D eigenvalue weighted by Gasteiger charge is -2.14. The molecule has 3 N–H and O–H groups in total. The van der Waals surface area contributed by atoms with Gasteiger partial charge in [-0.1, -0.05) is 0 Å². The van der Waals surface area contributed by atoms with E-state index in [1.54, 1.807) is 19.2 Å². The Labute approximate surface area is 110 Å². The molecule has 19 heavy (non-hydrogen) atoms. The normalized spacial score (nSPS) is 10.3. The third kappa shape index (κ3) is 2.01. The number of hydrogen-bond donors (Lipinski definition) is 2. The average molecular weight is 261 g/mol. The lowest BCUT2D eigenvalue weighted by Crippen LogP contribution is -2.20. The summed E-state index contributed by atoms with van der Waals surface area (Å²) < 4.78 is 10.6. The Kier molecular flexibility index (Phi) is 3.41. The van der Waals surface area contributed by atoms with E-state index in [9.17, 15) is 4.79 Å². The lowest BCUT2D eigenvalue weighted by atomic mass is 10.1. The molecule has 0 atom stereocenters. The fourth-order valence-electron chi connectivity index (χ4n) is 2.01. The number of benzene rings is 1. The number of nitrogens with zero attached hydrogens (tertiary/aromatic N) is 1. The molecule has 100 valence electrons. The molecule has 0 bridgehead atoms. The third-order valence-corrected chi connectivity index (χ3v) is 2.86. The Bertz CT molecular complexity index is 641. The minimum absolute atomic E-state index is 0.262. The molecule has 1 aromatic carbocycles. The Morgan fingerprint density at radius 1 is 1.37 bits per heavy atom. The second-order valence-corrected chi connectivity index (χ2v) is 3.86. The molecule has 0 aliphatic carbocycles. The van der Waals surface area contributed by atoms with Crippen molar-refractivity contribution in [3.63, 3.8) is 0 Å². The molecule has 0 radical (unpaired) electrons. The first-order chi connectivity index (χ1) is 9.13. The van der Waals surface area contributed by atoms with Crippen molar-refractivity contribution in [1.29, 1.82) is 0 Å². The van der Waals surface area contributed by atoms with Gasteiger partial charge in [-0.3, -0.25) is 9.78 Å². The molecule has 0 fully saturated rings. The van der Waals surface area contributed by atoms with Gasteiger partial charge in [-0.05, 0) is 6.07 Å². The first-order valence-electron chi connectivity index (χ1n) is 5.65. The lowest BCUT2D eigenvalue weighted by molar-refractivity contribution is 0.0960. The number of methoxy groups -OCH3 is 2. The van der Waals surface area contributed by atoms with Crippen molar-refractivity contribution >= 4 is 22.4 Å². The van der Waals surface area contributed by atoms with E-state index in [4.69, 9.17) is 15.2 Å². The molecule has 1 heterocycles. The van der Waals surface area contributed by atoms with Gasteiger partial charge in [-0.15, -0.1) is 0 Å². The van der Waals surface area contributed by atoms with Gasteiger partial charge in [0, 0.05) is 35.8 Å². The van der Waals surface area contributed by atoms with Crippen LogP contribution in [0.5, 0.6) is 11.5 Å². The van der Waals surface area contributed by atoms with Crippen LogP contribution in [0.15, 0.2) is 18.3 Å². The summed E-state index contributed by atoms with van der Waals surface area (Å²) in [7, 11) is 4.61. The van der Waals surface area contributed by atoms with E-state index < -0.39 is 0 Å². The van der Waals surface area contributed by atoms with Crippen molar-refractivity contribution in [2.75, 3.05) is 27.0 Å². The number of nitrogen functional groups attached to an aromatic ring is 1. The van der Waals surface area contributed by atoms with Crippen molar-refractivity contribution in [2.45, 2.75) is 0 Å². The number of amides is 1. The first-order valence-corrected chi connectivity index (χ1v) is 5.65. The summed E-state index contributed by atoms with van der Waals surface area (Å²) in [4.78, 5) is 15.9. The zero-order valence-corrected chi connectivity index (χ0v) is 11.0. The van der Waals surface area contributed by atoms with Gasteiger partial charge in [0.05, 0.1) is 14.2 Å². The van der Waals surface area contributed by atoms with Gasteiger partial charge >= 0.3 is 0 Å². The summed E-state index contributed by atoms with van der Waals surface area (Å²) in [5.74, 6) is 0.741. The Hall–Kier alpha value is -2.50. The van der Waals surface area contributed by atoms with Crippen molar-refractivity contribution < 1.29 is 14.3 Å². The fraction of sp³-hybridized carbons (Fsp3) is 0.231. The molecule has 0 aliphatic heterocycles. The Balaban J connectivity index is 2.88. The minimum atomic E-state index is -0.301. The van der Waals surface area contributed by atoms with Crippen LogP contribution in [0, 0.1) is 0 Å². The van der Waals surface area contributed by atoms with Crippen LogP contribution in [-0.4, -0.2) is 32.2 Å². The molecular formula is C13H15N3O3. The van der Waals surface area contributed by atoms with E-state index in [0.717, 1.165) is 0 Å². The van der Waals surface area contributed by atoms with E-state index in [0.29, 0.717) is 28.0 Å². The van der Waals surface area contributed by atoms with Crippen molar-refractivity contribution in [2.24, 2.45) is 0 Å². The molecule has 0 spiro atoms. The van der Waals surface area contributed by atoms with Crippen LogP contribution in [0.3, 0.4) is 0 Å². The topological polar surface area (TPSA) is 86.5 Å². The number of fused-ring (bicyclic) bond motifs is 1. The van der Waals surface area contributed by atoms with Crippen molar-refractivity contribution in [3.05, 3.63) is 24.0 Å². The van der Waals surface area contributed by atoms with Gasteiger partial charge in [0.15, 0.2) is 11.5 Å². The molecule has 6 heteroatoms.